The van der Waals surface area contributed by atoms with E-state index in [4.69, 9.17) is 0 Å². The van der Waals surface area contributed by atoms with Gasteiger partial charge in [-0.2, -0.15) is 0 Å². The fourth-order valence-corrected chi connectivity index (χ4v) is 6.77. The zero-order chi connectivity index (χ0) is 20.1. The van der Waals surface area contributed by atoms with E-state index >= 15 is 0 Å². The highest BCUT2D eigenvalue weighted by molar-refractivity contribution is 14.1. The summed E-state index contributed by atoms with van der Waals surface area (Å²) in [5.74, 6) is 0. The second kappa shape index (κ2) is 7.38. The summed E-state index contributed by atoms with van der Waals surface area (Å²) in [5, 5.41) is 2.59. The van der Waals surface area contributed by atoms with Gasteiger partial charge >= 0.3 is 0 Å². The standard InChI is InChI=1S/C26H16INS2/c27-26-16-15-25(30-26)24-14-13-23(29-24)17-9-11-18(12-10-17)28-21-7-3-1-5-19(21)20-6-2-4-8-22(20)28/h1-16H. The Labute approximate surface area is 196 Å². The molecule has 0 atom stereocenters. The molecule has 30 heavy (non-hydrogen) atoms. The van der Waals surface area contributed by atoms with Crippen molar-refractivity contribution in [2.24, 2.45) is 0 Å². The summed E-state index contributed by atoms with van der Waals surface area (Å²) >= 11 is 6.09. The molecule has 3 heterocycles. The molecule has 0 saturated heterocycles. The summed E-state index contributed by atoms with van der Waals surface area (Å²) in [6, 6.07) is 35.1. The first-order valence-electron chi connectivity index (χ1n) is 9.72. The monoisotopic (exact) mass is 533 g/mol. The topological polar surface area (TPSA) is 4.93 Å². The van der Waals surface area contributed by atoms with E-state index in [9.17, 15) is 0 Å². The second-order valence-electron chi connectivity index (χ2n) is 7.18. The Bertz CT molecular complexity index is 1450. The lowest BCUT2D eigenvalue weighted by Gasteiger charge is -2.08. The minimum atomic E-state index is 1.20. The van der Waals surface area contributed by atoms with Crippen LogP contribution in [0.2, 0.25) is 0 Å². The van der Waals surface area contributed by atoms with Crippen LogP contribution in [0.1, 0.15) is 0 Å². The fourth-order valence-electron chi connectivity index (χ4n) is 4.05. The number of fused-ring (bicyclic) bond motifs is 3. The molecule has 3 aromatic carbocycles. The van der Waals surface area contributed by atoms with Crippen LogP contribution < -0.4 is 0 Å². The van der Waals surface area contributed by atoms with Crippen LogP contribution >= 0.6 is 45.3 Å². The van der Waals surface area contributed by atoms with Crippen LogP contribution in [0.4, 0.5) is 0 Å². The van der Waals surface area contributed by atoms with Crippen LogP contribution in [0.3, 0.4) is 0 Å². The molecule has 0 saturated carbocycles. The zero-order valence-electron chi connectivity index (χ0n) is 15.9. The Balaban J connectivity index is 1.43. The number of para-hydroxylation sites is 2. The summed E-state index contributed by atoms with van der Waals surface area (Å²) in [6.07, 6.45) is 0. The second-order valence-corrected chi connectivity index (χ2v) is 11.2. The molecule has 0 aliphatic heterocycles. The largest absolute Gasteiger partial charge is 0.309 e. The van der Waals surface area contributed by atoms with E-state index < -0.39 is 0 Å². The summed E-state index contributed by atoms with van der Waals surface area (Å²) in [6.45, 7) is 0. The van der Waals surface area contributed by atoms with Gasteiger partial charge in [0.25, 0.3) is 0 Å². The van der Waals surface area contributed by atoms with E-state index in [0.29, 0.717) is 0 Å². The molecule has 0 fully saturated rings. The smallest absolute Gasteiger partial charge is 0.0660 e. The molecule has 6 aromatic rings. The van der Waals surface area contributed by atoms with Crippen molar-refractivity contribution in [2.75, 3.05) is 0 Å². The van der Waals surface area contributed by atoms with Gasteiger partial charge in [-0.3, -0.25) is 0 Å². The molecule has 0 spiro atoms. The van der Waals surface area contributed by atoms with Gasteiger partial charge < -0.3 is 4.57 Å². The summed E-state index contributed by atoms with van der Waals surface area (Å²) in [4.78, 5) is 3.99. The molecule has 0 radical (unpaired) electrons. The summed E-state index contributed by atoms with van der Waals surface area (Å²) < 4.78 is 3.69. The molecule has 144 valence electrons. The number of nitrogens with zero attached hydrogens (tertiary/aromatic N) is 1. The Kier molecular flexibility index (Phi) is 4.52. The van der Waals surface area contributed by atoms with Crippen LogP contribution in [0.5, 0.6) is 0 Å². The van der Waals surface area contributed by atoms with Crippen LogP contribution in [-0.2, 0) is 0 Å². The molecule has 0 aliphatic carbocycles. The van der Waals surface area contributed by atoms with Crippen molar-refractivity contribution in [3.63, 3.8) is 0 Å². The first kappa shape index (κ1) is 18.4. The Hall–Kier alpha value is -2.41. The molecule has 0 N–H and O–H groups in total. The van der Waals surface area contributed by atoms with Gasteiger partial charge in [-0.05, 0) is 76.7 Å². The first-order chi connectivity index (χ1) is 14.8. The predicted octanol–water partition coefficient (Wildman–Crippen LogP) is 8.85. The molecule has 4 heteroatoms. The molecule has 3 aromatic heterocycles. The van der Waals surface area contributed by atoms with Crippen molar-refractivity contribution in [2.45, 2.75) is 0 Å². The zero-order valence-corrected chi connectivity index (χ0v) is 19.7. The maximum absolute atomic E-state index is 2.39. The van der Waals surface area contributed by atoms with Crippen molar-refractivity contribution in [3.05, 3.63) is 99.9 Å². The Morgan fingerprint density at radius 3 is 1.73 bits per heavy atom. The highest BCUT2D eigenvalue weighted by Gasteiger charge is 2.12. The highest BCUT2D eigenvalue weighted by Crippen LogP contribution is 2.38. The van der Waals surface area contributed by atoms with Crippen LogP contribution in [0.15, 0.2) is 97.1 Å². The number of halogens is 1. The van der Waals surface area contributed by atoms with Gasteiger partial charge in [-0.15, -0.1) is 22.7 Å². The first-order valence-corrected chi connectivity index (χ1v) is 12.4. The third-order valence-corrected chi connectivity index (χ3v) is 8.64. The van der Waals surface area contributed by atoms with Gasteiger partial charge in [0.2, 0.25) is 0 Å². The molecule has 0 amide bonds. The van der Waals surface area contributed by atoms with Gasteiger partial charge in [0, 0.05) is 31.1 Å². The minimum Gasteiger partial charge on any atom is -0.309 e. The van der Waals surface area contributed by atoms with Crippen molar-refractivity contribution in [1.82, 2.24) is 4.57 Å². The fraction of sp³-hybridized carbons (Fsp3) is 0. The van der Waals surface area contributed by atoms with Gasteiger partial charge in [0.1, 0.15) is 0 Å². The number of benzene rings is 3. The highest BCUT2D eigenvalue weighted by atomic mass is 127. The SMILES string of the molecule is Ic1ccc(-c2ccc(-c3ccc(-n4c5ccccc5c5ccccc54)cc3)s2)s1. The molecule has 0 aliphatic rings. The maximum atomic E-state index is 2.39. The van der Waals surface area contributed by atoms with E-state index in [0.717, 1.165) is 0 Å². The number of thiophene rings is 2. The molecule has 6 rings (SSSR count). The van der Waals surface area contributed by atoms with Crippen LogP contribution in [-0.4, -0.2) is 4.57 Å². The van der Waals surface area contributed by atoms with Crippen LogP contribution in [0.25, 0.3) is 47.7 Å². The quantitative estimate of drug-likeness (QED) is 0.200. The average molecular weight is 533 g/mol. The van der Waals surface area contributed by atoms with Crippen LogP contribution in [0, 0.1) is 2.88 Å². The van der Waals surface area contributed by atoms with E-state index in [1.807, 2.05) is 22.7 Å². The molecule has 1 nitrogen and oxygen atoms in total. The Morgan fingerprint density at radius 1 is 0.533 bits per heavy atom. The Morgan fingerprint density at radius 2 is 1.10 bits per heavy atom. The van der Waals surface area contributed by atoms with E-state index in [1.54, 1.807) is 0 Å². The predicted molar refractivity (Wildman–Crippen MR) is 140 cm³/mol. The van der Waals surface area contributed by atoms with Crippen molar-refractivity contribution in [3.8, 4) is 25.9 Å². The lowest BCUT2D eigenvalue weighted by molar-refractivity contribution is 1.18. The summed E-state index contributed by atoms with van der Waals surface area (Å²) in [5.41, 5.74) is 4.96. The minimum absolute atomic E-state index is 1.20. The van der Waals surface area contributed by atoms with Gasteiger partial charge in [0.15, 0.2) is 0 Å². The number of rotatable bonds is 3. The molecular weight excluding hydrogens is 517 g/mol. The lowest BCUT2D eigenvalue weighted by atomic mass is 10.1. The maximum Gasteiger partial charge on any atom is 0.0660 e. The lowest BCUT2D eigenvalue weighted by Crippen LogP contribution is -1.93. The summed E-state index contributed by atoms with van der Waals surface area (Å²) in [7, 11) is 0. The van der Waals surface area contributed by atoms with Crippen molar-refractivity contribution < 1.29 is 0 Å². The third kappa shape index (κ3) is 3.02. The molecule has 0 bridgehead atoms. The number of aromatic nitrogens is 1. The van der Waals surface area contributed by atoms with Crippen molar-refractivity contribution in [1.29, 1.82) is 0 Å². The normalized spacial score (nSPS) is 11.5. The van der Waals surface area contributed by atoms with Gasteiger partial charge in [-0.1, -0.05) is 48.5 Å². The van der Waals surface area contributed by atoms with Crippen molar-refractivity contribution >= 4 is 67.1 Å². The van der Waals surface area contributed by atoms with E-state index in [-0.39, 0.29) is 0 Å². The van der Waals surface area contributed by atoms with E-state index in [1.165, 1.54) is 50.6 Å². The van der Waals surface area contributed by atoms with Gasteiger partial charge in [0.05, 0.1) is 13.9 Å². The van der Waals surface area contributed by atoms with Gasteiger partial charge in [-0.25, -0.2) is 0 Å². The van der Waals surface area contributed by atoms with E-state index in [2.05, 4.69) is 124 Å². The number of hydrogen-bond donors (Lipinski definition) is 0. The molecule has 0 unspecified atom stereocenters. The number of hydrogen-bond acceptors (Lipinski definition) is 2. The molecular formula is C26H16INS2. The average Bonchev–Trinajstić information content (AvgIpc) is 3.51. The third-order valence-electron chi connectivity index (χ3n) is 5.41.